The molecule has 1 aromatic heterocycles. The Labute approximate surface area is 104 Å². The molecule has 0 atom stereocenters. The number of carbonyl (C=O) groups is 1. The first-order valence-corrected chi connectivity index (χ1v) is 5.42. The Kier molecular flexibility index (Phi) is 5.42. The number of hydrogen-bond donors (Lipinski definition) is 3. The molecular formula is C9H16N6O3. The molecule has 5 N–H and O–H groups in total. The Balaban J connectivity index is 2.48. The minimum absolute atomic E-state index is 0.0504. The number of hydrogen-bond acceptors (Lipinski definition) is 8. The number of ether oxygens (including phenoxy) is 2. The molecule has 9 heteroatoms. The fourth-order valence-corrected chi connectivity index (χ4v) is 1.02. The summed E-state index contributed by atoms with van der Waals surface area (Å²) in [5.74, 6) is 0.302. The van der Waals surface area contributed by atoms with E-state index >= 15 is 0 Å². The molecule has 1 amide bonds. The van der Waals surface area contributed by atoms with Crippen LogP contribution in [0.25, 0.3) is 0 Å². The lowest BCUT2D eigenvalue weighted by atomic mass is 10.5. The third-order valence-electron chi connectivity index (χ3n) is 1.70. The van der Waals surface area contributed by atoms with Gasteiger partial charge < -0.3 is 26.3 Å². The molecule has 0 radical (unpaired) electrons. The first-order chi connectivity index (χ1) is 8.61. The number of nitrogens with zero attached hydrogens (tertiary/aromatic N) is 3. The van der Waals surface area contributed by atoms with Crippen molar-refractivity contribution in [2.45, 2.75) is 13.3 Å². The monoisotopic (exact) mass is 256 g/mol. The molecule has 0 saturated heterocycles. The maximum atomic E-state index is 10.3. The number of amides is 1. The molecule has 1 rings (SSSR count). The lowest BCUT2D eigenvalue weighted by Crippen LogP contribution is -2.19. The van der Waals surface area contributed by atoms with Gasteiger partial charge in [0.25, 0.3) is 0 Å². The molecule has 0 aliphatic carbocycles. The van der Waals surface area contributed by atoms with Crippen LogP contribution in [0.1, 0.15) is 13.3 Å². The summed E-state index contributed by atoms with van der Waals surface area (Å²) in [6.07, 6.45) is -0.000197. The fourth-order valence-electron chi connectivity index (χ4n) is 1.02. The average Bonchev–Trinajstić information content (AvgIpc) is 2.31. The van der Waals surface area contributed by atoms with Crippen molar-refractivity contribution in [3.8, 4) is 6.01 Å². The van der Waals surface area contributed by atoms with Crippen LogP contribution in [-0.2, 0) is 4.74 Å². The molecule has 18 heavy (non-hydrogen) atoms. The van der Waals surface area contributed by atoms with Crippen molar-refractivity contribution in [2.75, 3.05) is 30.8 Å². The van der Waals surface area contributed by atoms with Gasteiger partial charge in [-0.3, -0.25) is 0 Å². The fraction of sp³-hybridized carbons (Fsp3) is 0.556. The van der Waals surface area contributed by atoms with Crippen LogP contribution >= 0.6 is 0 Å². The lowest BCUT2D eigenvalue weighted by Gasteiger charge is -2.07. The molecule has 9 nitrogen and oxygen atoms in total. The van der Waals surface area contributed by atoms with Crippen LogP contribution in [0.4, 0.5) is 16.7 Å². The highest BCUT2D eigenvalue weighted by atomic mass is 16.5. The van der Waals surface area contributed by atoms with Gasteiger partial charge in [0.05, 0.1) is 13.2 Å². The van der Waals surface area contributed by atoms with Gasteiger partial charge in [-0.05, 0) is 6.42 Å². The van der Waals surface area contributed by atoms with Gasteiger partial charge in [-0.2, -0.15) is 15.0 Å². The summed E-state index contributed by atoms with van der Waals surface area (Å²) >= 11 is 0. The molecular weight excluding hydrogens is 240 g/mol. The third-order valence-corrected chi connectivity index (χ3v) is 1.70. The van der Waals surface area contributed by atoms with E-state index in [-0.39, 0.29) is 24.5 Å². The summed E-state index contributed by atoms with van der Waals surface area (Å²) in [5.41, 5.74) is 10.3. The highest BCUT2D eigenvalue weighted by molar-refractivity contribution is 5.64. The second-order valence-corrected chi connectivity index (χ2v) is 3.24. The van der Waals surface area contributed by atoms with Gasteiger partial charge in [0.1, 0.15) is 6.61 Å². The van der Waals surface area contributed by atoms with Crippen molar-refractivity contribution >= 4 is 18.0 Å². The molecule has 1 aromatic rings. The number of aromatic nitrogens is 3. The van der Waals surface area contributed by atoms with Crippen molar-refractivity contribution in [1.29, 1.82) is 0 Å². The van der Waals surface area contributed by atoms with Crippen molar-refractivity contribution in [3.63, 3.8) is 0 Å². The second-order valence-electron chi connectivity index (χ2n) is 3.24. The van der Waals surface area contributed by atoms with E-state index in [9.17, 15) is 4.79 Å². The number of nitrogens with two attached hydrogens (primary N) is 2. The number of nitrogen functional groups attached to an aromatic ring is 1. The van der Waals surface area contributed by atoms with E-state index in [2.05, 4.69) is 25.0 Å². The summed E-state index contributed by atoms with van der Waals surface area (Å²) in [6, 6.07) is 0.155. The number of primary amides is 1. The Morgan fingerprint density at radius 1 is 1.33 bits per heavy atom. The van der Waals surface area contributed by atoms with E-state index in [1.165, 1.54) is 0 Å². The standard InChI is InChI=1S/C9H16N6O3/c1-2-4-18-9-14-6(10)13-8(15-9)12-3-5-17-7(11)16/h2-5H2,1H3,(H2,11,16)(H3,10,12,13,14,15). The zero-order chi connectivity index (χ0) is 13.4. The van der Waals surface area contributed by atoms with Crippen LogP contribution in [0.2, 0.25) is 0 Å². The summed E-state index contributed by atoms with van der Waals surface area (Å²) in [6.45, 7) is 2.87. The first kappa shape index (κ1) is 13.7. The van der Waals surface area contributed by atoms with E-state index in [0.29, 0.717) is 13.2 Å². The van der Waals surface area contributed by atoms with Gasteiger partial charge in [-0.15, -0.1) is 0 Å². The normalized spacial score (nSPS) is 9.83. The van der Waals surface area contributed by atoms with Crippen molar-refractivity contribution < 1.29 is 14.3 Å². The van der Waals surface area contributed by atoms with Crippen LogP contribution in [0.5, 0.6) is 6.01 Å². The Bertz CT molecular complexity index is 400. The lowest BCUT2D eigenvalue weighted by molar-refractivity contribution is 0.161. The molecule has 100 valence electrons. The number of rotatable bonds is 7. The summed E-state index contributed by atoms with van der Waals surface area (Å²) in [5, 5.41) is 2.80. The quantitative estimate of drug-likeness (QED) is 0.567. The van der Waals surface area contributed by atoms with Gasteiger partial charge in [-0.1, -0.05) is 6.92 Å². The highest BCUT2D eigenvalue weighted by Crippen LogP contribution is 2.08. The van der Waals surface area contributed by atoms with E-state index in [0.717, 1.165) is 6.42 Å². The van der Waals surface area contributed by atoms with E-state index < -0.39 is 6.09 Å². The predicted octanol–water partition coefficient (Wildman–Crippen LogP) is -0.250. The predicted molar refractivity (Wildman–Crippen MR) is 64.1 cm³/mol. The summed E-state index contributed by atoms with van der Waals surface area (Å²) in [4.78, 5) is 22.0. The maximum Gasteiger partial charge on any atom is 0.404 e. The summed E-state index contributed by atoms with van der Waals surface area (Å²) < 4.78 is 9.77. The zero-order valence-corrected chi connectivity index (χ0v) is 10.0. The number of carbonyl (C=O) groups excluding carboxylic acids is 1. The Hall–Kier alpha value is -2.32. The van der Waals surface area contributed by atoms with Gasteiger partial charge in [0.15, 0.2) is 0 Å². The number of anilines is 2. The van der Waals surface area contributed by atoms with Crippen molar-refractivity contribution in [1.82, 2.24) is 15.0 Å². The van der Waals surface area contributed by atoms with Gasteiger partial charge >= 0.3 is 12.1 Å². The van der Waals surface area contributed by atoms with E-state index in [1.54, 1.807) is 0 Å². The van der Waals surface area contributed by atoms with Gasteiger partial charge in [0.2, 0.25) is 11.9 Å². The van der Waals surface area contributed by atoms with Gasteiger partial charge in [-0.25, -0.2) is 4.79 Å². The van der Waals surface area contributed by atoms with Crippen LogP contribution in [0, 0.1) is 0 Å². The molecule has 0 fully saturated rings. The molecule has 0 spiro atoms. The van der Waals surface area contributed by atoms with Crippen LogP contribution < -0.4 is 21.5 Å². The molecule has 1 heterocycles. The molecule has 0 bridgehead atoms. The largest absolute Gasteiger partial charge is 0.463 e. The molecule has 0 unspecified atom stereocenters. The summed E-state index contributed by atoms with van der Waals surface area (Å²) in [7, 11) is 0. The molecule has 0 aliphatic rings. The van der Waals surface area contributed by atoms with Crippen molar-refractivity contribution in [2.24, 2.45) is 5.73 Å². The SMILES string of the molecule is CCCOc1nc(N)nc(NCCOC(N)=O)n1. The zero-order valence-electron chi connectivity index (χ0n) is 10.0. The Morgan fingerprint density at radius 2 is 2.11 bits per heavy atom. The van der Waals surface area contributed by atoms with Crippen molar-refractivity contribution in [3.05, 3.63) is 0 Å². The molecule has 0 saturated carbocycles. The maximum absolute atomic E-state index is 10.3. The third kappa shape index (κ3) is 5.14. The van der Waals surface area contributed by atoms with Crippen LogP contribution in [0.3, 0.4) is 0 Å². The Morgan fingerprint density at radius 3 is 2.78 bits per heavy atom. The minimum atomic E-state index is -0.834. The molecule has 0 aromatic carbocycles. The highest BCUT2D eigenvalue weighted by Gasteiger charge is 2.05. The number of nitrogens with one attached hydrogen (secondary N) is 1. The van der Waals surface area contributed by atoms with Crippen LogP contribution in [0.15, 0.2) is 0 Å². The van der Waals surface area contributed by atoms with Crippen LogP contribution in [-0.4, -0.2) is 40.8 Å². The second kappa shape index (κ2) is 7.09. The van der Waals surface area contributed by atoms with E-state index in [4.69, 9.17) is 16.2 Å². The van der Waals surface area contributed by atoms with Gasteiger partial charge in [0, 0.05) is 0 Å². The minimum Gasteiger partial charge on any atom is -0.463 e. The first-order valence-electron chi connectivity index (χ1n) is 5.42. The average molecular weight is 256 g/mol. The molecule has 0 aliphatic heterocycles. The topological polar surface area (TPSA) is 138 Å². The van der Waals surface area contributed by atoms with E-state index in [1.807, 2.05) is 6.92 Å². The smallest absolute Gasteiger partial charge is 0.404 e.